The van der Waals surface area contributed by atoms with Gasteiger partial charge in [-0.15, -0.1) is 0 Å². The van der Waals surface area contributed by atoms with Crippen LogP contribution >= 0.6 is 11.6 Å². The highest BCUT2D eigenvalue weighted by molar-refractivity contribution is 6.30. The van der Waals surface area contributed by atoms with E-state index in [0.717, 1.165) is 5.56 Å². The maximum atomic E-state index is 8.94. The Morgan fingerprint density at radius 3 is 2.92 bits per heavy atom. The van der Waals surface area contributed by atoms with Crippen LogP contribution in [0.4, 0.5) is 0 Å². The summed E-state index contributed by atoms with van der Waals surface area (Å²) in [6.45, 7) is 0.379. The number of nitrogens with zero attached hydrogens (tertiary/aromatic N) is 1. The van der Waals surface area contributed by atoms with Crippen LogP contribution in [0.1, 0.15) is 11.5 Å². The van der Waals surface area contributed by atoms with Crippen LogP contribution in [0.2, 0.25) is 5.15 Å². The van der Waals surface area contributed by atoms with Gasteiger partial charge >= 0.3 is 0 Å². The Morgan fingerprint density at radius 2 is 2.42 bits per heavy atom. The van der Waals surface area contributed by atoms with Crippen LogP contribution in [0, 0.1) is 0 Å². The summed E-state index contributed by atoms with van der Waals surface area (Å²) in [7, 11) is 0. The number of hydrogen-bond donors (Lipinski definition) is 2. The zero-order valence-corrected chi connectivity index (χ0v) is 7.33. The average Bonchev–Trinajstić information content (AvgIpc) is 2.10. The molecule has 1 atom stereocenters. The minimum absolute atomic E-state index is 0.00190. The maximum absolute atomic E-state index is 8.94. The van der Waals surface area contributed by atoms with E-state index in [2.05, 4.69) is 4.98 Å². The molecule has 0 saturated carbocycles. The molecular weight excluding hydrogens is 176 g/mol. The van der Waals surface area contributed by atoms with Gasteiger partial charge in [0.2, 0.25) is 0 Å². The highest BCUT2D eigenvalue weighted by Crippen LogP contribution is 2.20. The van der Waals surface area contributed by atoms with E-state index in [9.17, 15) is 0 Å². The summed E-state index contributed by atoms with van der Waals surface area (Å²) in [5.74, 6) is -0.105. The molecule has 0 aliphatic rings. The molecule has 0 aliphatic carbocycles. The fraction of sp³-hybridized carbons (Fsp3) is 0.375. The third-order valence-corrected chi connectivity index (χ3v) is 2.05. The van der Waals surface area contributed by atoms with Crippen molar-refractivity contribution in [2.75, 3.05) is 13.2 Å². The molecule has 0 fully saturated rings. The fourth-order valence-electron chi connectivity index (χ4n) is 1.00. The van der Waals surface area contributed by atoms with E-state index in [0.29, 0.717) is 11.7 Å². The first-order chi connectivity index (χ1) is 5.79. The topological polar surface area (TPSA) is 59.1 Å². The van der Waals surface area contributed by atoms with Gasteiger partial charge in [-0.3, -0.25) is 0 Å². The van der Waals surface area contributed by atoms with Crippen molar-refractivity contribution >= 4 is 11.6 Å². The van der Waals surface area contributed by atoms with Crippen molar-refractivity contribution in [1.29, 1.82) is 0 Å². The number of aromatic nitrogens is 1. The minimum atomic E-state index is -0.105. The molecule has 1 unspecified atom stereocenters. The molecule has 1 aromatic rings. The Kier molecular flexibility index (Phi) is 3.47. The summed E-state index contributed by atoms with van der Waals surface area (Å²) < 4.78 is 0. The highest BCUT2D eigenvalue weighted by atomic mass is 35.5. The third-order valence-electron chi connectivity index (χ3n) is 1.73. The Labute approximate surface area is 76.2 Å². The molecule has 3 nitrogen and oxygen atoms in total. The minimum Gasteiger partial charge on any atom is -0.396 e. The second-order valence-corrected chi connectivity index (χ2v) is 2.86. The molecule has 0 aliphatic heterocycles. The van der Waals surface area contributed by atoms with E-state index >= 15 is 0 Å². The van der Waals surface area contributed by atoms with Crippen LogP contribution in [-0.4, -0.2) is 23.2 Å². The highest BCUT2D eigenvalue weighted by Gasteiger charge is 2.11. The molecule has 0 bridgehead atoms. The first-order valence-corrected chi connectivity index (χ1v) is 4.08. The van der Waals surface area contributed by atoms with Gasteiger partial charge in [0.1, 0.15) is 5.15 Å². The van der Waals surface area contributed by atoms with Crippen molar-refractivity contribution in [1.82, 2.24) is 4.98 Å². The molecule has 0 saturated heterocycles. The third kappa shape index (κ3) is 1.94. The first kappa shape index (κ1) is 9.45. The van der Waals surface area contributed by atoms with E-state index < -0.39 is 0 Å². The molecule has 0 spiro atoms. The maximum Gasteiger partial charge on any atom is 0.132 e. The number of aliphatic hydroxyl groups is 1. The lowest BCUT2D eigenvalue weighted by molar-refractivity contribution is 0.267. The first-order valence-electron chi connectivity index (χ1n) is 3.71. The van der Waals surface area contributed by atoms with Gasteiger partial charge in [-0.05, 0) is 11.6 Å². The molecule has 0 aromatic carbocycles. The molecular formula is C8H11ClN2O. The lowest BCUT2D eigenvalue weighted by atomic mass is 10.0. The Hall–Kier alpha value is -0.640. The van der Waals surface area contributed by atoms with Gasteiger partial charge < -0.3 is 10.8 Å². The van der Waals surface area contributed by atoms with Crippen LogP contribution in [0.25, 0.3) is 0 Å². The summed E-state index contributed by atoms with van der Waals surface area (Å²) in [6.07, 6.45) is 1.61. The largest absolute Gasteiger partial charge is 0.396 e. The van der Waals surface area contributed by atoms with Gasteiger partial charge in [0, 0.05) is 18.7 Å². The summed E-state index contributed by atoms with van der Waals surface area (Å²) in [4.78, 5) is 3.89. The SMILES string of the molecule is NCC(CO)c1cccnc1Cl. The molecule has 0 amide bonds. The summed E-state index contributed by atoms with van der Waals surface area (Å²) in [5, 5.41) is 9.36. The number of halogens is 1. The van der Waals surface area contributed by atoms with Crippen LogP contribution in [0.5, 0.6) is 0 Å². The molecule has 1 rings (SSSR count). The second-order valence-electron chi connectivity index (χ2n) is 2.50. The van der Waals surface area contributed by atoms with E-state index in [1.165, 1.54) is 0 Å². The van der Waals surface area contributed by atoms with E-state index in [1.54, 1.807) is 12.3 Å². The van der Waals surface area contributed by atoms with Gasteiger partial charge in [0.15, 0.2) is 0 Å². The van der Waals surface area contributed by atoms with Crippen LogP contribution in [0.15, 0.2) is 18.3 Å². The molecule has 3 N–H and O–H groups in total. The fourth-order valence-corrected chi connectivity index (χ4v) is 1.28. The average molecular weight is 187 g/mol. The molecule has 1 aromatic heterocycles. The summed E-state index contributed by atoms with van der Waals surface area (Å²) in [5.41, 5.74) is 6.25. The van der Waals surface area contributed by atoms with Gasteiger partial charge in [0.25, 0.3) is 0 Å². The van der Waals surface area contributed by atoms with Gasteiger partial charge in [-0.2, -0.15) is 0 Å². The quantitative estimate of drug-likeness (QED) is 0.686. The van der Waals surface area contributed by atoms with Crippen molar-refractivity contribution in [3.05, 3.63) is 29.0 Å². The smallest absolute Gasteiger partial charge is 0.132 e. The molecule has 4 heteroatoms. The Balaban J connectivity index is 2.92. The number of nitrogens with two attached hydrogens (primary N) is 1. The lowest BCUT2D eigenvalue weighted by Crippen LogP contribution is -2.16. The molecule has 66 valence electrons. The predicted molar refractivity (Wildman–Crippen MR) is 48.1 cm³/mol. The predicted octanol–water partition coefficient (Wildman–Crippen LogP) is 0.770. The van der Waals surface area contributed by atoms with Gasteiger partial charge in [-0.25, -0.2) is 4.98 Å². The Morgan fingerprint density at radius 1 is 1.67 bits per heavy atom. The number of hydrogen-bond acceptors (Lipinski definition) is 3. The zero-order chi connectivity index (χ0) is 8.97. The normalized spacial score (nSPS) is 12.9. The van der Waals surface area contributed by atoms with E-state index in [-0.39, 0.29) is 12.5 Å². The number of pyridine rings is 1. The van der Waals surface area contributed by atoms with Crippen molar-refractivity contribution in [3.8, 4) is 0 Å². The number of rotatable bonds is 3. The van der Waals surface area contributed by atoms with Gasteiger partial charge in [0.05, 0.1) is 6.61 Å². The monoisotopic (exact) mass is 186 g/mol. The standard InChI is InChI=1S/C8H11ClN2O/c9-8-7(2-1-3-11-8)6(4-10)5-12/h1-3,6,12H,4-5,10H2. The van der Waals surface area contributed by atoms with Crippen molar-refractivity contribution < 1.29 is 5.11 Å². The van der Waals surface area contributed by atoms with Crippen LogP contribution in [0.3, 0.4) is 0 Å². The number of aliphatic hydroxyl groups excluding tert-OH is 1. The van der Waals surface area contributed by atoms with E-state index in [4.69, 9.17) is 22.4 Å². The molecule has 12 heavy (non-hydrogen) atoms. The van der Waals surface area contributed by atoms with Crippen molar-refractivity contribution in [2.24, 2.45) is 5.73 Å². The zero-order valence-electron chi connectivity index (χ0n) is 6.57. The lowest BCUT2D eigenvalue weighted by Gasteiger charge is -2.11. The Bertz CT molecular complexity index is 251. The van der Waals surface area contributed by atoms with Crippen molar-refractivity contribution in [3.63, 3.8) is 0 Å². The van der Waals surface area contributed by atoms with E-state index in [1.807, 2.05) is 6.07 Å². The van der Waals surface area contributed by atoms with Crippen molar-refractivity contribution in [2.45, 2.75) is 5.92 Å². The molecule has 0 radical (unpaired) electrons. The van der Waals surface area contributed by atoms with Crippen LogP contribution < -0.4 is 5.73 Å². The second kappa shape index (κ2) is 4.40. The summed E-state index contributed by atoms with van der Waals surface area (Å²) >= 11 is 5.80. The summed E-state index contributed by atoms with van der Waals surface area (Å²) in [6, 6.07) is 3.60. The van der Waals surface area contributed by atoms with Crippen LogP contribution in [-0.2, 0) is 0 Å². The van der Waals surface area contributed by atoms with Gasteiger partial charge in [-0.1, -0.05) is 17.7 Å². The molecule has 1 heterocycles.